The number of aromatic nitrogens is 4. The molecule has 0 aliphatic rings. The van der Waals surface area contributed by atoms with E-state index in [0.717, 1.165) is 15.1 Å². The lowest BCUT2D eigenvalue weighted by Gasteiger charge is -1.88. The molecule has 0 saturated heterocycles. The van der Waals surface area contributed by atoms with Gasteiger partial charge in [0.2, 0.25) is 4.47 Å². The van der Waals surface area contributed by atoms with Gasteiger partial charge in [0.1, 0.15) is 11.3 Å². The van der Waals surface area contributed by atoms with Crippen LogP contribution in [0.1, 0.15) is 5.01 Å². The van der Waals surface area contributed by atoms with E-state index in [2.05, 4.69) is 19.6 Å². The maximum absolute atomic E-state index is 5.63. The summed E-state index contributed by atoms with van der Waals surface area (Å²) >= 11 is 9.98. The molecule has 0 atom stereocenters. The molecule has 0 saturated carbocycles. The van der Waals surface area contributed by atoms with Crippen LogP contribution in [0.25, 0.3) is 0 Å². The number of hydrogen-bond acceptors (Lipinski definition) is 7. The van der Waals surface area contributed by atoms with Crippen molar-refractivity contribution in [3.63, 3.8) is 0 Å². The zero-order valence-electron chi connectivity index (χ0n) is 6.18. The molecule has 0 unspecified atom stereocenters. The van der Waals surface area contributed by atoms with Crippen molar-refractivity contribution in [1.82, 2.24) is 19.6 Å². The Balaban J connectivity index is 1.93. The highest BCUT2D eigenvalue weighted by Crippen LogP contribution is 2.25. The van der Waals surface area contributed by atoms with Gasteiger partial charge in [-0.15, -0.1) is 10.2 Å². The third kappa shape index (κ3) is 2.60. The van der Waals surface area contributed by atoms with Crippen molar-refractivity contribution in [3.05, 3.63) is 15.8 Å². The van der Waals surface area contributed by atoms with E-state index in [1.165, 1.54) is 22.9 Å². The Kier molecular flexibility index (Phi) is 3.09. The van der Waals surface area contributed by atoms with Crippen molar-refractivity contribution < 1.29 is 0 Å². The van der Waals surface area contributed by atoms with E-state index in [0.29, 0.717) is 4.47 Å². The molecule has 13 heavy (non-hydrogen) atoms. The van der Waals surface area contributed by atoms with E-state index < -0.39 is 0 Å². The molecular formula is C5H3ClN4S3. The van der Waals surface area contributed by atoms with Crippen molar-refractivity contribution in [2.75, 3.05) is 0 Å². The van der Waals surface area contributed by atoms with Gasteiger partial charge in [-0.3, -0.25) is 0 Å². The largest absolute Gasteiger partial charge is 0.216 e. The second kappa shape index (κ2) is 4.32. The second-order valence-corrected chi connectivity index (χ2v) is 5.59. The van der Waals surface area contributed by atoms with Gasteiger partial charge in [-0.25, -0.2) is 4.98 Å². The summed E-state index contributed by atoms with van der Waals surface area (Å²) in [6, 6.07) is 0. The monoisotopic (exact) mass is 250 g/mol. The highest BCUT2D eigenvalue weighted by atomic mass is 35.5. The van der Waals surface area contributed by atoms with Crippen LogP contribution in [0, 0.1) is 0 Å². The molecule has 0 bridgehead atoms. The van der Waals surface area contributed by atoms with E-state index in [9.17, 15) is 0 Å². The minimum absolute atomic E-state index is 0.480. The highest BCUT2D eigenvalue weighted by Gasteiger charge is 2.04. The van der Waals surface area contributed by atoms with Gasteiger partial charge >= 0.3 is 0 Å². The Hall–Kier alpha value is -0.240. The van der Waals surface area contributed by atoms with Crippen LogP contribution in [0.5, 0.6) is 0 Å². The Labute approximate surface area is 91.5 Å². The van der Waals surface area contributed by atoms with E-state index in [1.54, 1.807) is 18.1 Å². The summed E-state index contributed by atoms with van der Waals surface area (Å²) in [6.45, 7) is 0. The number of thioether (sulfide) groups is 1. The average molecular weight is 251 g/mol. The van der Waals surface area contributed by atoms with Crippen LogP contribution in [0.15, 0.2) is 10.7 Å². The fraction of sp³-hybridized carbons (Fsp3) is 0.200. The first kappa shape index (κ1) is 9.32. The van der Waals surface area contributed by atoms with Crippen LogP contribution >= 0.6 is 46.2 Å². The number of halogens is 1. The third-order valence-corrected chi connectivity index (χ3v) is 4.11. The first-order chi connectivity index (χ1) is 6.34. The summed E-state index contributed by atoms with van der Waals surface area (Å²) in [7, 11) is 0. The van der Waals surface area contributed by atoms with Gasteiger partial charge in [0.15, 0.2) is 4.34 Å². The molecule has 68 valence electrons. The Morgan fingerprint density at radius 2 is 2.38 bits per heavy atom. The van der Waals surface area contributed by atoms with Gasteiger partial charge in [0.25, 0.3) is 0 Å². The SMILES string of the molecule is Clc1nnc(CSc2ncns2)s1. The molecule has 0 spiro atoms. The topological polar surface area (TPSA) is 51.6 Å². The van der Waals surface area contributed by atoms with Gasteiger partial charge in [-0.2, -0.15) is 4.37 Å². The molecule has 2 aromatic rings. The van der Waals surface area contributed by atoms with Crippen molar-refractivity contribution in [3.8, 4) is 0 Å². The first-order valence-corrected chi connectivity index (χ1v) is 6.17. The van der Waals surface area contributed by atoms with Crippen LogP contribution in [-0.4, -0.2) is 19.6 Å². The summed E-state index contributed by atoms with van der Waals surface area (Å²) < 4.78 is 5.31. The Bertz CT molecular complexity index is 373. The molecule has 0 radical (unpaired) electrons. The van der Waals surface area contributed by atoms with E-state index in [-0.39, 0.29) is 0 Å². The standard InChI is InChI=1S/C5H3ClN4S3/c6-4-10-9-3(12-4)1-11-5-7-2-8-13-5/h2H,1H2. The Morgan fingerprint density at radius 3 is 3.00 bits per heavy atom. The number of nitrogens with zero attached hydrogens (tertiary/aromatic N) is 4. The quantitative estimate of drug-likeness (QED) is 0.783. The third-order valence-electron chi connectivity index (χ3n) is 1.10. The molecule has 0 amide bonds. The summed E-state index contributed by atoms with van der Waals surface area (Å²) in [4.78, 5) is 4.03. The van der Waals surface area contributed by atoms with Gasteiger partial charge in [0, 0.05) is 0 Å². The lowest BCUT2D eigenvalue weighted by molar-refractivity contribution is 1.04. The zero-order valence-corrected chi connectivity index (χ0v) is 9.38. The maximum Gasteiger partial charge on any atom is 0.207 e. The summed E-state index contributed by atoms with van der Waals surface area (Å²) in [5, 5.41) is 8.50. The van der Waals surface area contributed by atoms with Crippen molar-refractivity contribution in [2.45, 2.75) is 10.1 Å². The van der Waals surface area contributed by atoms with E-state index in [1.807, 2.05) is 0 Å². The minimum atomic E-state index is 0.480. The summed E-state index contributed by atoms with van der Waals surface area (Å²) in [5.74, 6) is 0.750. The fourth-order valence-electron chi connectivity index (χ4n) is 0.641. The lowest BCUT2D eigenvalue weighted by atomic mass is 10.9. The summed E-state index contributed by atoms with van der Waals surface area (Å²) in [6.07, 6.45) is 1.54. The van der Waals surface area contributed by atoms with Crippen LogP contribution in [-0.2, 0) is 5.75 Å². The van der Waals surface area contributed by atoms with Crippen molar-refractivity contribution in [2.24, 2.45) is 0 Å². The highest BCUT2D eigenvalue weighted by molar-refractivity contribution is 8.00. The molecule has 2 heterocycles. The van der Waals surface area contributed by atoms with Gasteiger partial charge in [0.05, 0.1) is 5.75 Å². The average Bonchev–Trinajstić information content (AvgIpc) is 2.71. The molecule has 2 aromatic heterocycles. The van der Waals surface area contributed by atoms with Crippen LogP contribution in [0.2, 0.25) is 4.47 Å². The van der Waals surface area contributed by atoms with Crippen LogP contribution in [0.4, 0.5) is 0 Å². The molecule has 2 rings (SSSR count). The minimum Gasteiger partial charge on any atom is -0.216 e. The summed E-state index contributed by atoms with van der Waals surface area (Å²) in [5.41, 5.74) is 0. The van der Waals surface area contributed by atoms with E-state index in [4.69, 9.17) is 11.6 Å². The van der Waals surface area contributed by atoms with Crippen LogP contribution < -0.4 is 0 Å². The molecule has 0 aliphatic carbocycles. The maximum atomic E-state index is 5.63. The molecular weight excluding hydrogens is 248 g/mol. The van der Waals surface area contributed by atoms with Gasteiger partial charge in [-0.05, 0) is 23.1 Å². The Morgan fingerprint density at radius 1 is 1.46 bits per heavy atom. The smallest absolute Gasteiger partial charge is 0.207 e. The predicted octanol–water partition coefficient (Wildman–Crippen LogP) is 2.34. The first-order valence-electron chi connectivity index (χ1n) is 3.22. The van der Waals surface area contributed by atoms with Gasteiger partial charge < -0.3 is 0 Å². The molecule has 4 nitrogen and oxygen atoms in total. The van der Waals surface area contributed by atoms with Gasteiger partial charge in [-0.1, -0.05) is 23.1 Å². The number of rotatable bonds is 3. The molecule has 0 fully saturated rings. The zero-order chi connectivity index (χ0) is 9.10. The fourth-order valence-corrected chi connectivity index (χ4v) is 2.94. The normalized spacial score (nSPS) is 10.5. The van der Waals surface area contributed by atoms with E-state index >= 15 is 0 Å². The lowest BCUT2D eigenvalue weighted by Crippen LogP contribution is -1.77. The molecule has 8 heteroatoms. The second-order valence-electron chi connectivity index (χ2n) is 1.94. The molecule has 0 aliphatic heterocycles. The number of hydrogen-bond donors (Lipinski definition) is 0. The van der Waals surface area contributed by atoms with Crippen molar-refractivity contribution >= 4 is 46.2 Å². The van der Waals surface area contributed by atoms with Crippen molar-refractivity contribution in [1.29, 1.82) is 0 Å². The predicted molar refractivity (Wildman–Crippen MR) is 54.4 cm³/mol. The molecule has 0 N–H and O–H groups in total. The molecule has 0 aromatic carbocycles. The van der Waals surface area contributed by atoms with Crippen LogP contribution in [0.3, 0.4) is 0 Å².